The Morgan fingerprint density at radius 1 is 0.944 bits per heavy atom. The van der Waals surface area contributed by atoms with Gasteiger partial charge in [-0.15, -0.1) is 0 Å². The maximum absolute atomic E-state index is 12.7. The molecule has 36 heavy (non-hydrogen) atoms. The van der Waals surface area contributed by atoms with Crippen LogP contribution in [0.25, 0.3) is 0 Å². The molecule has 2 aliphatic rings. The van der Waals surface area contributed by atoms with Crippen LogP contribution in [0, 0.1) is 0 Å². The van der Waals surface area contributed by atoms with Crippen LogP contribution in [0.5, 0.6) is 28.7 Å². The van der Waals surface area contributed by atoms with Gasteiger partial charge in [-0.25, -0.2) is 9.59 Å². The minimum absolute atomic E-state index is 0.0347. The van der Waals surface area contributed by atoms with Gasteiger partial charge in [0.05, 0.1) is 39.6 Å². The molecule has 0 spiro atoms. The van der Waals surface area contributed by atoms with Crippen LogP contribution in [0.1, 0.15) is 32.4 Å². The molecular weight excluding hydrogens is 480 g/mol. The maximum atomic E-state index is 12.7. The number of aromatic hydroxyl groups is 1. The molecule has 0 aliphatic carbocycles. The molecule has 0 amide bonds. The first-order chi connectivity index (χ1) is 17.2. The lowest BCUT2D eigenvalue weighted by Crippen LogP contribution is -2.58. The highest BCUT2D eigenvalue weighted by Gasteiger charge is 2.52. The van der Waals surface area contributed by atoms with Gasteiger partial charge < -0.3 is 48.5 Å². The summed E-state index contributed by atoms with van der Waals surface area (Å²) < 4.78 is 37.8. The Labute approximate surface area is 205 Å². The van der Waals surface area contributed by atoms with E-state index in [2.05, 4.69) is 0 Å². The third-order valence-electron chi connectivity index (χ3n) is 6.10. The van der Waals surface area contributed by atoms with Crippen molar-refractivity contribution in [3.63, 3.8) is 0 Å². The quantitative estimate of drug-likeness (QED) is 0.458. The molecule has 2 heterocycles. The fourth-order valence-electron chi connectivity index (χ4n) is 4.32. The van der Waals surface area contributed by atoms with Gasteiger partial charge in [0.15, 0.2) is 29.1 Å². The molecule has 12 nitrogen and oxygen atoms in total. The molecule has 194 valence electrons. The second kappa shape index (κ2) is 10.1. The number of esters is 2. The van der Waals surface area contributed by atoms with E-state index in [9.17, 15) is 24.9 Å². The number of carbonyl (C=O) groups is 2. The van der Waals surface area contributed by atoms with Crippen molar-refractivity contribution in [3.8, 4) is 28.7 Å². The number of ether oxygens (including phenoxy) is 7. The number of aliphatic hydroxyl groups excluding tert-OH is 2. The van der Waals surface area contributed by atoms with Crippen molar-refractivity contribution in [1.82, 2.24) is 0 Å². The Kier molecular flexibility index (Phi) is 7.11. The molecule has 3 N–H and O–H groups in total. The van der Waals surface area contributed by atoms with Crippen LogP contribution in [0.3, 0.4) is 0 Å². The summed E-state index contributed by atoms with van der Waals surface area (Å²) in [5.74, 6) is -1.11. The number of benzene rings is 2. The Hall–Kier alpha value is -3.74. The maximum Gasteiger partial charge on any atom is 0.339 e. The zero-order valence-electron chi connectivity index (χ0n) is 19.9. The molecule has 0 saturated carbocycles. The van der Waals surface area contributed by atoms with Gasteiger partial charge >= 0.3 is 11.9 Å². The Bertz CT molecular complexity index is 1160. The number of phenols is 1. The van der Waals surface area contributed by atoms with Gasteiger partial charge in [-0.1, -0.05) is 0 Å². The largest absolute Gasteiger partial charge is 0.504 e. The van der Waals surface area contributed by atoms with Crippen molar-refractivity contribution in [2.75, 3.05) is 35.0 Å². The third-order valence-corrected chi connectivity index (χ3v) is 6.10. The average molecular weight is 506 g/mol. The summed E-state index contributed by atoms with van der Waals surface area (Å²) in [6.45, 7) is -0.452. The Morgan fingerprint density at radius 2 is 1.64 bits per heavy atom. The van der Waals surface area contributed by atoms with E-state index in [1.807, 2.05) is 0 Å². The predicted octanol–water partition coefficient (Wildman–Crippen LogP) is 0.984. The molecule has 2 aliphatic heterocycles. The van der Waals surface area contributed by atoms with Crippen LogP contribution in [0.15, 0.2) is 24.3 Å². The molecule has 2 aromatic rings. The normalized spacial score (nSPS) is 24.6. The number of fused-ring (bicyclic) bond motifs is 3. The van der Waals surface area contributed by atoms with E-state index < -0.39 is 49.1 Å². The van der Waals surface area contributed by atoms with Gasteiger partial charge in [-0.05, 0) is 24.3 Å². The predicted molar refractivity (Wildman–Crippen MR) is 120 cm³/mol. The van der Waals surface area contributed by atoms with E-state index >= 15 is 0 Å². The zero-order chi connectivity index (χ0) is 26.1. The molecule has 1 saturated heterocycles. The van der Waals surface area contributed by atoms with Gasteiger partial charge in [-0.2, -0.15) is 0 Å². The second-order valence-electron chi connectivity index (χ2n) is 8.04. The number of hydrogen-bond donors (Lipinski definition) is 3. The monoisotopic (exact) mass is 506 g/mol. The van der Waals surface area contributed by atoms with Gasteiger partial charge in [0.1, 0.15) is 31.0 Å². The zero-order valence-corrected chi connectivity index (χ0v) is 19.9. The molecule has 4 rings (SSSR count). The van der Waals surface area contributed by atoms with Crippen LogP contribution in [0.2, 0.25) is 0 Å². The lowest BCUT2D eigenvalue weighted by Gasteiger charge is -2.45. The molecule has 1 fully saturated rings. The standard InChI is InChI=1S/C24H26O12/c1-30-13-6-5-10(7-12(13)25)23(28)34-9-15-17(26)18(27)22-21(35-15)16-11(24(29)36-22)8-14(31-2)19(32-3)20(16)33-4/h5-8,15,17-18,21-22,25-27H,9H2,1-4H3/t15-,17-,18+,21+,22-/m1/s1. The van der Waals surface area contributed by atoms with Gasteiger partial charge in [0.25, 0.3) is 0 Å². The number of rotatable bonds is 7. The first-order valence-electron chi connectivity index (χ1n) is 10.8. The molecule has 2 aromatic carbocycles. The summed E-state index contributed by atoms with van der Waals surface area (Å²) in [5.41, 5.74) is 0.338. The fraction of sp³-hybridized carbons (Fsp3) is 0.417. The van der Waals surface area contributed by atoms with Crippen molar-refractivity contribution in [3.05, 3.63) is 41.0 Å². The number of hydrogen-bond acceptors (Lipinski definition) is 12. The molecule has 0 aromatic heterocycles. The lowest BCUT2D eigenvalue weighted by atomic mass is 9.86. The van der Waals surface area contributed by atoms with Crippen molar-refractivity contribution in [1.29, 1.82) is 0 Å². The van der Waals surface area contributed by atoms with E-state index in [0.29, 0.717) is 0 Å². The smallest absolute Gasteiger partial charge is 0.339 e. The number of aliphatic hydroxyl groups is 2. The molecular formula is C24H26O12. The Balaban J connectivity index is 1.62. The van der Waals surface area contributed by atoms with Crippen LogP contribution in [-0.2, 0) is 14.2 Å². The van der Waals surface area contributed by atoms with Crippen molar-refractivity contribution in [2.45, 2.75) is 30.5 Å². The molecule has 5 atom stereocenters. The molecule has 0 radical (unpaired) electrons. The van der Waals surface area contributed by atoms with E-state index in [1.165, 1.54) is 52.7 Å². The summed E-state index contributed by atoms with van der Waals surface area (Å²) in [4.78, 5) is 25.2. The summed E-state index contributed by atoms with van der Waals surface area (Å²) in [6.07, 6.45) is -6.66. The third kappa shape index (κ3) is 4.23. The average Bonchev–Trinajstić information content (AvgIpc) is 2.88. The van der Waals surface area contributed by atoms with Crippen molar-refractivity contribution < 1.29 is 58.1 Å². The number of methoxy groups -OCH3 is 4. The van der Waals surface area contributed by atoms with Gasteiger partial charge in [0, 0.05) is 5.56 Å². The highest BCUT2D eigenvalue weighted by molar-refractivity contribution is 5.95. The van der Waals surface area contributed by atoms with E-state index in [0.717, 1.165) is 0 Å². The number of carbonyl (C=O) groups excluding carboxylic acids is 2. The second-order valence-corrected chi connectivity index (χ2v) is 8.04. The molecule has 0 unspecified atom stereocenters. The van der Waals surface area contributed by atoms with E-state index in [1.54, 1.807) is 0 Å². The molecule has 12 heteroatoms. The van der Waals surface area contributed by atoms with E-state index in [-0.39, 0.29) is 45.4 Å². The van der Waals surface area contributed by atoms with Crippen molar-refractivity contribution in [2.24, 2.45) is 0 Å². The summed E-state index contributed by atoms with van der Waals surface area (Å²) in [6, 6.07) is 5.37. The first kappa shape index (κ1) is 25.4. The highest BCUT2D eigenvalue weighted by Crippen LogP contribution is 2.50. The van der Waals surface area contributed by atoms with Crippen LogP contribution in [0.4, 0.5) is 0 Å². The first-order valence-corrected chi connectivity index (χ1v) is 10.8. The lowest BCUT2D eigenvalue weighted by molar-refractivity contribution is -0.235. The number of phenolic OH excluding ortho intramolecular Hbond substituents is 1. The van der Waals surface area contributed by atoms with E-state index in [4.69, 9.17) is 33.2 Å². The minimum atomic E-state index is -1.56. The SMILES string of the molecule is COc1ccc(C(=O)OC[C@H]2O[C@H]3c4c(cc(OC)c(OC)c4OC)C(=O)O[C@@H]3[C@@H](O)[C@@H]2O)cc1O. The van der Waals surface area contributed by atoms with Gasteiger partial charge in [-0.3, -0.25) is 0 Å². The van der Waals surface area contributed by atoms with Crippen LogP contribution in [-0.4, -0.2) is 86.7 Å². The topological polar surface area (TPSA) is 159 Å². The molecule has 0 bridgehead atoms. The minimum Gasteiger partial charge on any atom is -0.504 e. The van der Waals surface area contributed by atoms with Crippen LogP contribution >= 0.6 is 0 Å². The van der Waals surface area contributed by atoms with Crippen LogP contribution < -0.4 is 18.9 Å². The summed E-state index contributed by atoms with van der Waals surface area (Å²) in [5, 5.41) is 31.3. The highest BCUT2D eigenvalue weighted by atomic mass is 16.6. The fourth-order valence-corrected chi connectivity index (χ4v) is 4.32. The summed E-state index contributed by atoms with van der Waals surface area (Å²) in [7, 11) is 5.52. The van der Waals surface area contributed by atoms with Gasteiger partial charge in [0.2, 0.25) is 5.75 Å². The summed E-state index contributed by atoms with van der Waals surface area (Å²) >= 11 is 0. The Morgan fingerprint density at radius 3 is 2.25 bits per heavy atom. The van der Waals surface area contributed by atoms with Crippen molar-refractivity contribution >= 4 is 11.9 Å².